The lowest BCUT2D eigenvalue weighted by atomic mass is 9.65. The van der Waals surface area contributed by atoms with E-state index in [0.29, 0.717) is 17.7 Å². The zero-order chi connectivity index (χ0) is 14.0. The fraction of sp³-hybridized carbons (Fsp3) is 0.688. The van der Waals surface area contributed by atoms with Crippen LogP contribution >= 0.6 is 0 Å². The minimum absolute atomic E-state index is 0.0906. The number of nitrogen functional groups attached to an aromatic ring is 1. The average Bonchev–Trinajstić information content (AvgIpc) is 2.27. The molecule has 0 aliphatic heterocycles. The van der Waals surface area contributed by atoms with Crippen LogP contribution in [0, 0.1) is 17.3 Å². The molecule has 1 aromatic heterocycles. The van der Waals surface area contributed by atoms with E-state index < -0.39 is 0 Å². The van der Waals surface area contributed by atoms with E-state index >= 15 is 0 Å². The van der Waals surface area contributed by atoms with Crippen molar-refractivity contribution in [3.63, 3.8) is 0 Å². The van der Waals surface area contributed by atoms with Crippen molar-refractivity contribution >= 4 is 5.82 Å². The lowest BCUT2D eigenvalue weighted by molar-refractivity contribution is -0.0125. The third kappa shape index (κ3) is 3.47. The summed E-state index contributed by atoms with van der Waals surface area (Å²) in [6.07, 6.45) is 5.82. The van der Waals surface area contributed by atoms with Crippen LogP contribution in [0.4, 0.5) is 5.82 Å². The molecule has 0 bridgehead atoms. The molecule has 1 fully saturated rings. The van der Waals surface area contributed by atoms with Crippen molar-refractivity contribution in [2.24, 2.45) is 17.3 Å². The Kier molecular flexibility index (Phi) is 4.14. The Morgan fingerprint density at radius 1 is 1.42 bits per heavy atom. The number of aromatic nitrogens is 1. The van der Waals surface area contributed by atoms with E-state index in [9.17, 15) is 5.11 Å². The molecule has 2 rings (SSSR count). The van der Waals surface area contributed by atoms with Crippen molar-refractivity contribution in [2.45, 2.75) is 52.6 Å². The van der Waals surface area contributed by atoms with E-state index in [4.69, 9.17) is 5.73 Å². The zero-order valence-corrected chi connectivity index (χ0v) is 12.3. The summed E-state index contributed by atoms with van der Waals surface area (Å²) >= 11 is 0. The summed E-state index contributed by atoms with van der Waals surface area (Å²) in [5, 5.41) is 10.4. The molecule has 3 nitrogen and oxygen atoms in total. The molecular formula is C16H26N2O. The Hall–Kier alpha value is -1.09. The molecule has 0 radical (unpaired) electrons. The quantitative estimate of drug-likeness (QED) is 0.880. The first-order valence-corrected chi connectivity index (χ1v) is 7.27. The largest absolute Gasteiger partial charge is 0.393 e. The molecule has 3 heteroatoms. The second-order valence-corrected chi connectivity index (χ2v) is 6.85. The summed E-state index contributed by atoms with van der Waals surface area (Å²) in [5.74, 6) is 1.60. The molecule has 1 aliphatic rings. The van der Waals surface area contributed by atoms with Gasteiger partial charge in [0.15, 0.2) is 0 Å². The first-order valence-electron chi connectivity index (χ1n) is 7.27. The van der Waals surface area contributed by atoms with E-state index in [0.717, 1.165) is 19.3 Å². The molecule has 1 saturated carbocycles. The van der Waals surface area contributed by atoms with E-state index in [1.807, 2.05) is 12.1 Å². The van der Waals surface area contributed by atoms with Gasteiger partial charge in [0, 0.05) is 6.20 Å². The van der Waals surface area contributed by atoms with E-state index in [1.165, 1.54) is 12.0 Å². The number of anilines is 1. The predicted octanol–water partition coefficient (Wildman–Crippen LogP) is 3.03. The molecule has 0 saturated heterocycles. The number of nitrogens with two attached hydrogens (primary N) is 1. The Morgan fingerprint density at radius 3 is 2.79 bits per heavy atom. The molecule has 0 amide bonds. The molecule has 1 aliphatic carbocycles. The van der Waals surface area contributed by atoms with Gasteiger partial charge in [-0.25, -0.2) is 4.98 Å². The van der Waals surface area contributed by atoms with Gasteiger partial charge in [-0.3, -0.25) is 0 Å². The highest BCUT2D eigenvalue weighted by Crippen LogP contribution is 2.42. The molecule has 1 heterocycles. The van der Waals surface area contributed by atoms with Gasteiger partial charge in [0.05, 0.1) is 6.10 Å². The van der Waals surface area contributed by atoms with E-state index in [-0.39, 0.29) is 11.5 Å². The predicted molar refractivity (Wildman–Crippen MR) is 78.6 cm³/mol. The number of nitrogens with zero attached hydrogens (tertiary/aromatic N) is 1. The molecule has 106 valence electrons. The summed E-state index contributed by atoms with van der Waals surface area (Å²) in [4.78, 5) is 4.04. The highest BCUT2D eigenvalue weighted by Gasteiger charge is 2.38. The Bertz CT molecular complexity index is 431. The monoisotopic (exact) mass is 262 g/mol. The summed E-state index contributed by atoms with van der Waals surface area (Å²) in [6, 6.07) is 3.97. The number of aliphatic hydroxyl groups excluding tert-OH is 1. The van der Waals surface area contributed by atoms with Gasteiger partial charge in [0.1, 0.15) is 5.82 Å². The van der Waals surface area contributed by atoms with E-state index in [1.54, 1.807) is 6.20 Å². The maximum Gasteiger partial charge on any atom is 0.123 e. The van der Waals surface area contributed by atoms with Gasteiger partial charge < -0.3 is 10.8 Å². The minimum Gasteiger partial charge on any atom is -0.393 e. The average molecular weight is 262 g/mol. The summed E-state index contributed by atoms with van der Waals surface area (Å²) in [5.41, 5.74) is 7.04. The van der Waals surface area contributed by atoms with Gasteiger partial charge in [-0.15, -0.1) is 0 Å². The topological polar surface area (TPSA) is 59.1 Å². The number of pyridine rings is 1. The van der Waals surface area contributed by atoms with Crippen molar-refractivity contribution in [3.05, 3.63) is 23.9 Å². The Balaban J connectivity index is 2.09. The van der Waals surface area contributed by atoms with Gasteiger partial charge in [-0.2, -0.15) is 0 Å². The summed E-state index contributed by atoms with van der Waals surface area (Å²) < 4.78 is 0. The molecule has 3 atom stereocenters. The molecule has 0 aromatic carbocycles. The van der Waals surface area contributed by atoms with Gasteiger partial charge in [-0.1, -0.05) is 27.2 Å². The van der Waals surface area contributed by atoms with Crippen molar-refractivity contribution < 1.29 is 5.11 Å². The van der Waals surface area contributed by atoms with Gasteiger partial charge >= 0.3 is 0 Å². The van der Waals surface area contributed by atoms with Gasteiger partial charge in [0.2, 0.25) is 0 Å². The van der Waals surface area contributed by atoms with E-state index in [2.05, 4.69) is 25.8 Å². The first-order chi connectivity index (χ1) is 8.88. The lowest BCUT2D eigenvalue weighted by Crippen LogP contribution is -2.39. The van der Waals surface area contributed by atoms with Gasteiger partial charge in [0.25, 0.3) is 0 Å². The van der Waals surface area contributed by atoms with Crippen LogP contribution in [0.3, 0.4) is 0 Å². The van der Waals surface area contributed by atoms with Crippen LogP contribution in [0.2, 0.25) is 0 Å². The highest BCUT2D eigenvalue weighted by atomic mass is 16.3. The molecule has 0 spiro atoms. The maximum absolute atomic E-state index is 10.4. The summed E-state index contributed by atoms with van der Waals surface area (Å²) in [6.45, 7) is 6.75. The molecule has 3 unspecified atom stereocenters. The van der Waals surface area contributed by atoms with Crippen LogP contribution in [-0.4, -0.2) is 16.2 Å². The number of aliphatic hydroxyl groups is 1. The van der Waals surface area contributed by atoms with Crippen LogP contribution in [-0.2, 0) is 6.42 Å². The summed E-state index contributed by atoms with van der Waals surface area (Å²) in [7, 11) is 0. The molecular weight excluding hydrogens is 236 g/mol. The van der Waals surface area contributed by atoms with Crippen LogP contribution in [0.1, 0.15) is 45.6 Å². The van der Waals surface area contributed by atoms with Crippen LogP contribution in [0.15, 0.2) is 18.3 Å². The Morgan fingerprint density at radius 2 is 2.16 bits per heavy atom. The molecule has 19 heavy (non-hydrogen) atoms. The van der Waals surface area contributed by atoms with Crippen molar-refractivity contribution in [3.8, 4) is 0 Å². The number of hydrogen-bond donors (Lipinski definition) is 2. The molecule has 1 aromatic rings. The number of rotatable bonds is 3. The fourth-order valence-electron chi connectivity index (χ4n) is 3.52. The smallest absolute Gasteiger partial charge is 0.123 e. The van der Waals surface area contributed by atoms with Crippen molar-refractivity contribution in [2.75, 3.05) is 5.73 Å². The third-order valence-electron chi connectivity index (χ3n) is 4.59. The first kappa shape index (κ1) is 14.3. The minimum atomic E-state index is -0.169. The second-order valence-electron chi connectivity index (χ2n) is 6.85. The fourth-order valence-corrected chi connectivity index (χ4v) is 3.52. The van der Waals surface area contributed by atoms with Crippen molar-refractivity contribution in [1.29, 1.82) is 0 Å². The normalized spacial score (nSPS) is 28.3. The highest BCUT2D eigenvalue weighted by molar-refractivity contribution is 5.32. The van der Waals surface area contributed by atoms with Crippen LogP contribution in [0.25, 0.3) is 0 Å². The second kappa shape index (κ2) is 5.49. The maximum atomic E-state index is 10.4. The molecule has 3 N–H and O–H groups in total. The van der Waals surface area contributed by atoms with Gasteiger partial charge in [-0.05, 0) is 54.2 Å². The number of hydrogen-bond acceptors (Lipinski definition) is 3. The SMILES string of the molecule is CC1CCC(C(C)(C)Cc2ccnc(N)c2)C(O)C1. The van der Waals surface area contributed by atoms with Crippen LogP contribution < -0.4 is 5.73 Å². The third-order valence-corrected chi connectivity index (χ3v) is 4.59. The Labute approximate surface area is 116 Å². The van der Waals surface area contributed by atoms with Crippen molar-refractivity contribution in [1.82, 2.24) is 4.98 Å². The zero-order valence-electron chi connectivity index (χ0n) is 12.3. The lowest BCUT2D eigenvalue weighted by Gasteiger charge is -2.42. The van der Waals surface area contributed by atoms with Crippen LogP contribution in [0.5, 0.6) is 0 Å². The standard InChI is InChI=1S/C16H26N2O/c1-11-4-5-13(14(19)8-11)16(2,3)10-12-6-7-18-15(17)9-12/h6-7,9,11,13-14,19H,4-5,8,10H2,1-3H3,(H2,17,18).